The number of pyridine rings is 1. The summed E-state index contributed by atoms with van der Waals surface area (Å²) in [7, 11) is 1.64. The van der Waals surface area contributed by atoms with E-state index in [1.807, 2.05) is 31.2 Å². The fourth-order valence-corrected chi connectivity index (χ4v) is 2.84. The molecule has 0 aliphatic rings. The maximum absolute atomic E-state index is 12.7. The van der Waals surface area contributed by atoms with E-state index in [-0.39, 0.29) is 23.6 Å². The van der Waals surface area contributed by atoms with Gasteiger partial charge in [0.15, 0.2) is 0 Å². The first-order valence-corrected chi connectivity index (χ1v) is 8.36. The first-order valence-electron chi connectivity index (χ1n) is 8.36. The third-order valence-corrected chi connectivity index (χ3v) is 4.11. The molecule has 0 radical (unpaired) electrons. The molecule has 0 aliphatic heterocycles. The topological polar surface area (TPSA) is 68.3 Å². The minimum Gasteiger partial charge on any atom is -0.361 e. The first kappa shape index (κ1) is 17.7. The van der Waals surface area contributed by atoms with E-state index < -0.39 is 0 Å². The number of hydrogen-bond donors (Lipinski definition) is 0. The molecule has 3 rings (SSSR count). The highest BCUT2D eigenvalue weighted by Crippen LogP contribution is 2.08. The molecule has 0 unspecified atom stereocenters. The molecule has 0 saturated carbocycles. The van der Waals surface area contributed by atoms with Gasteiger partial charge in [0.05, 0.1) is 13.1 Å². The van der Waals surface area contributed by atoms with Gasteiger partial charge in [0.2, 0.25) is 0 Å². The number of rotatable bonds is 5. The molecular weight excluding hydrogens is 330 g/mol. The maximum Gasteiger partial charge on any atom is 0.263 e. The third-order valence-electron chi connectivity index (χ3n) is 4.11. The molecule has 134 valence electrons. The van der Waals surface area contributed by atoms with Crippen LogP contribution in [0.4, 0.5) is 0 Å². The van der Waals surface area contributed by atoms with Gasteiger partial charge in [-0.1, -0.05) is 35.0 Å². The number of aromatic nitrogens is 2. The number of nitrogens with zero attached hydrogens (tertiary/aromatic N) is 3. The summed E-state index contributed by atoms with van der Waals surface area (Å²) in [6.45, 7) is 4.50. The Morgan fingerprint density at radius 3 is 2.69 bits per heavy atom. The Bertz CT molecular complexity index is 988. The second-order valence-electron chi connectivity index (χ2n) is 6.43. The van der Waals surface area contributed by atoms with E-state index in [2.05, 4.69) is 5.16 Å². The summed E-state index contributed by atoms with van der Waals surface area (Å²) in [6, 6.07) is 13.0. The Kier molecular flexibility index (Phi) is 5.02. The van der Waals surface area contributed by atoms with Crippen LogP contribution in [-0.2, 0) is 13.1 Å². The second-order valence-corrected chi connectivity index (χ2v) is 6.43. The molecule has 0 saturated heterocycles. The highest BCUT2D eigenvalue weighted by molar-refractivity contribution is 5.93. The van der Waals surface area contributed by atoms with Crippen LogP contribution in [0.3, 0.4) is 0 Å². The molecule has 1 amide bonds. The quantitative estimate of drug-likeness (QED) is 0.709. The van der Waals surface area contributed by atoms with Gasteiger partial charge in [0.1, 0.15) is 17.0 Å². The molecule has 1 aromatic carbocycles. The molecule has 3 aromatic rings. The van der Waals surface area contributed by atoms with Gasteiger partial charge in [0, 0.05) is 19.3 Å². The van der Waals surface area contributed by atoms with Crippen molar-refractivity contribution >= 4 is 5.91 Å². The number of benzene rings is 1. The lowest BCUT2D eigenvalue weighted by molar-refractivity contribution is 0.0779. The zero-order valence-electron chi connectivity index (χ0n) is 15.1. The van der Waals surface area contributed by atoms with Crippen molar-refractivity contribution in [3.05, 3.63) is 87.2 Å². The van der Waals surface area contributed by atoms with Crippen LogP contribution in [0.5, 0.6) is 0 Å². The fourth-order valence-electron chi connectivity index (χ4n) is 2.84. The number of carbonyl (C=O) groups excluding carboxylic acids is 1. The Morgan fingerprint density at radius 1 is 1.19 bits per heavy atom. The summed E-state index contributed by atoms with van der Waals surface area (Å²) in [4.78, 5) is 26.9. The van der Waals surface area contributed by atoms with Gasteiger partial charge in [-0.25, -0.2) is 0 Å². The summed E-state index contributed by atoms with van der Waals surface area (Å²) in [5, 5.41) is 3.88. The molecule has 0 spiro atoms. The lowest BCUT2D eigenvalue weighted by Crippen LogP contribution is -2.34. The average molecular weight is 351 g/mol. The van der Waals surface area contributed by atoms with Crippen LogP contribution in [0.2, 0.25) is 0 Å². The molecule has 0 atom stereocenters. The number of hydrogen-bond acceptors (Lipinski definition) is 4. The maximum atomic E-state index is 12.7. The van der Waals surface area contributed by atoms with Crippen molar-refractivity contribution in [3.8, 4) is 0 Å². The van der Waals surface area contributed by atoms with Crippen molar-refractivity contribution < 1.29 is 9.32 Å². The van der Waals surface area contributed by atoms with Crippen molar-refractivity contribution in [2.75, 3.05) is 7.05 Å². The molecule has 2 heterocycles. The molecule has 2 aromatic heterocycles. The zero-order valence-corrected chi connectivity index (χ0v) is 15.1. The SMILES string of the molecule is Cc1cccc(Cn2cccc(C(=O)N(C)Cc3cc(C)on3)c2=O)c1. The normalized spacial score (nSPS) is 10.7. The standard InChI is InChI=1S/C20H21N3O3/c1-14-6-4-7-16(10-14)12-23-9-5-8-18(20(23)25)19(24)22(3)13-17-11-15(2)26-21-17/h4-11H,12-13H2,1-3H3. The minimum atomic E-state index is -0.339. The highest BCUT2D eigenvalue weighted by atomic mass is 16.5. The smallest absolute Gasteiger partial charge is 0.263 e. The van der Waals surface area contributed by atoms with Crippen LogP contribution >= 0.6 is 0 Å². The van der Waals surface area contributed by atoms with Crippen molar-refractivity contribution in [2.45, 2.75) is 26.9 Å². The minimum absolute atomic E-state index is 0.142. The third kappa shape index (κ3) is 3.91. The van der Waals surface area contributed by atoms with Crippen molar-refractivity contribution in [1.29, 1.82) is 0 Å². The fraction of sp³-hybridized carbons (Fsp3) is 0.250. The second kappa shape index (κ2) is 7.39. The van der Waals surface area contributed by atoms with Crippen molar-refractivity contribution in [1.82, 2.24) is 14.6 Å². The van der Waals surface area contributed by atoms with E-state index in [0.717, 1.165) is 11.1 Å². The lowest BCUT2D eigenvalue weighted by Gasteiger charge is -2.16. The summed E-state index contributed by atoms with van der Waals surface area (Å²) in [5.74, 6) is 0.343. The van der Waals surface area contributed by atoms with Gasteiger partial charge in [-0.15, -0.1) is 0 Å². The van der Waals surface area contributed by atoms with Crippen LogP contribution in [0.15, 0.2) is 58.0 Å². The summed E-state index contributed by atoms with van der Waals surface area (Å²) < 4.78 is 6.57. The monoisotopic (exact) mass is 351 g/mol. The predicted molar refractivity (Wildman–Crippen MR) is 98.0 cm³/mol. The van der Waals surface area contributed by atoms with Gasteiger partial charge in [0.25, 0.3) is 11.5 Å². The number of carbonyl (C=O) groups is 1. The van der Waals surface area contributed by atoms with Crippen LogP contribution in [-0.4, -0.2) is 27.6 Å². The lowest BCUT2D eigenvalue weighted by atomic mass is 10.1. The highest BCUT2D eigenvalue weighted by Gasteiger charge is 2.18. The van der Waals surface area contributed by atoms with E-state index in [9.17, 15) is 9.59 Å². The van der Waals surface area contributed by atoms with Crippen LogP contribution < -0.4 is 5.56 Å². The molecule has 0 N–H and O–H groups in total. The van der Waals surface area contributed by atoms with Gasteiger partial charge in [-0.2, -0.15) is 0 Å². The summed E-state index contributed by atoms with van der Waals surface area (Å²) in [6.07, 6.45) is 1.70. The van der Waals surface area contributed by atoms with Gasteiger partial charge in [-0.05, 0) is 31.5 Å². The first-order chi connectivity index (χ1) is 12.4. The van der Waals surface area contributed by atoms with Crippen LogP contribution in [0.25, 0.3) is 0 Å². The van der Waals surface area contributed by atoms with E-state index in [1.54, 1.807) is 42.9 Å². The molecular formula is C20H21N3O3. The Labute approximate surface area is 151 Å². The largest absolute Gasteiger partial charge is 0.361 e. The number of amides is 1. The van der Waals surface area contributed by atoms with Crippen LogP contribution in [0, 0.1) is 13.8 Å². The molecule has 0 aliphatic carbocycles. The van der Waals surface area contributed by atoms with E-state index in [0.29, 0.717) is 18.0 Å². The predicted octanol–water partition coefficient (Wildman–Crippen LogP) is 2.77. The average Bonchev–Trinajstić information content (AvgIpc) is 3.01. The van der Waals surface area contributed by atoms with Crippen molar-refractivity contribution in [3.63, 3.8) is 0 Å². The van der Waals surface area contributed by atoms with E-state index in [1.165, 1.54) is 4.90 Å². The summed E-state index contributed by atoms with van der Waals surface area (Å²) >= 11 is 0. The molecule has 6 nitrogen and oxygen atoms in total. The number of aryl methyl sites for hydroxylation is 2. The van der Waals surface area contributed by atoms with Crippen LogP contribution in [0.1, 0.15) is 32.9 Å². The molecule has 0 bridgehead atoms. The zero-order chi connectivity index (χ0) is 18.7. The van der Waals surface area contributed by atoms with Gasteiger partial charge in [-0.3, -0.25) is 9.59 Å². The summed E-state index contributed by atoms with van der Waals surface area (Å²) in [5.41, 5.74) is 2.63. The Hall–Kier alpha value is -3.15. The van der Waals surface area contributed by atoms with E-state index in [4.69, 9.17) is 4.52 Å². The van der Waals surface area contributed by atoms with E-state index >= 15 is 0 Å². The van der Waals surface area contributed by atoms with Crippen molar-refractivity contribution in [2.24, 2.45) is 0 Å². The Morgan fingerprint density at radius 2 is 2.00 bits per heavy atom. The molecule has 0 fully saturated rings. The molecule has 6 heteroatoms. The van der Waals surface area contributed by atoms with Gasteiger partial charge >= 0.3 is 0 Å². The Balaban J connectivity index is 1.81. The molecule has 26 heavy (non-hydrogen) atoms. The van der Waals surface area contributed by atoms with Gasteiger partial charge < -0.3 is 14.0 Å².